The van der Waals surface area contributed by atoms with Gasteiger partial charge in [0, 0.05) is 11.0 Å². The van der Waals surface area contributed by atoms with Crippen LogP contribution in [0.1, 0.15) is 10.4 Å². The van der Waals surface area contributed by atoms with Crippen LogP contribution in [0.25, 0.3) is 0 Å². The lowest BCUT2D eigenvalue weighted by molar-refractivity contribution is 0.0693. The average Bonchev–Trinajstić information content (AvgIpc) is 2.29. The lowest BCUT2D eigenvalue weighted by atomic mass is 10.2. The first kappa shape index (κ1) is 11.4. The number of benzene rings is 1. The molecule has 0 aliphatic carbocycles. The van der Waals surface area contributed by atoms with Gasteiger partial charge in [-0.05, 0) is 12.1 Å². The number of aromatic amines is 1. The van der Waals surface area contributed by atoms with Crippen molar-refractivity contribution >= 4 is 17.7 Å². The SMILES string of the molecule is O=C(O)c1ccccc1Sc1cc(=O)[nH]cn1. The average molecular weight is 248 g/mol. The van der Waals surface area contributed by atoms with E-state index in [-0.39, 0.29) is 11.1 Å². The van der Waals surface area contributed by atoms with Gasteiger partial charge in [0.15, 0.2) is 0 Å². The highest BCUT2D eigenvalue weighted by Crippen LogP contribution is 2.27. The van der Waals surface area contributed by atoms with Crippen LogP contribution >= 0.6 is 11.8 Å². The van der Waals surface area contributed by atoms with Crippen LogP contribution in [0.3, 0.4) is 0 Å². The van der Waals surface area contributed by atoms with Crippen molar-refractivity contribution < 1.29 is 9.90 Å². The van der Waals surface area contributed by atoms with Crippen LogP contribution in [0.15, 0.2) is 51.4 Å². The van der Waals surface area contributed by atoms with E-state index < -0.39 is 5.97 Å². The number of H-pyrrole nitrogens is 1. The molecule has 1 aromatic carbocycles. The van der Waals surface area contributed by atoms with Gasteiger partial charge >= 0.3 is 5.97 Å². The Kier molecular flexibility index (Phi) is 3.24. The Morgan fingerprint density at radius 1 is 1.35 bits per heavy atom. The minimum atomic E-state index is -1.00. The van der Waals surface area contributed by atoms with Gasteiger partial charge in [0.1, 0.15) is 5.03 Å². The third-order valence-corrected chi connectivity index (χ3v) is 2.99. The van der Waals surface area contributed by atoms with Crippen molar-refractivity contribution in [3.63, 3.8) is 0 Å². The first-order valence-electron chi connectivity index (χ1n) is 4.72. The molecule has 0 aliphatic rings. The number of rotatable bonds is 3. The Labute approximate surface area is 101 Å². The largest absolute Gasteiger partial charge is 0.478 e. The van der Waals surface area contributed by atoms with E-state index in [4.69, 9.17) is 5.11 Å². The predicted molar refractivity (Wildman–Crippen MR) is 62.4 cm³/mol. The molecule has 0 atom stereocenters. The normalized spacial score (nSPS) is 10.1. The number of aromatic nitrogens is 2. The second-order valence-electron chi connectivity index (χ2n) is 3.15. The van der Waals surface area contributed by atoms with Crippen molar-refractivity contribution in [2.45, 2.75) is 9.92 Å². The quantitative estimate of drug-likeness (QED) is 0.806. The number of hydrogen-bond acceptors (Lipinski definition) is 4. The zero-order valence-corrected chi connectivity index (χ0v) is 9.40. The fourth-order valence-electron chi connectivity index (χ4n) is 1.25. The molecule has 6 heteroatoms. The molecule has 0 aliphatic heterocycles. The number of nitrogens with zero attached hydrogens (tertiary/aromatic N) is 1. The topological polar surface area (TPSA) is 83.0 Å². The van der Waals surface area contributed by atoms with Crippen LogP contribution in [0.2, 0.25) is 0 Å². The molecule has 0 fully saturated rings. The van der Waals surface area contributed by atoms with Crippen molar-refractivity contribution in [1.29, 1.82) is 0 Å². The van der Waals surface area contributed by atoms with Gasteiger partial charge in [0.2, 0.25) is 0 Å². The van der Waals surface area contributed by atoms with Gasteiger partial charge in [-0.25, -0.2) is 9.78 Å². The van der Waals surface area contributed by atoms with Crippen molar-refractivity contribution in [3.8, 4) is 0 Å². The third kappa shape index (κ3) is 2.73. The number of nitrogens with one attached hydrogen (secondary N) is 1. The van der Waals surface area contributed by atoms with Crippen LogP contribution in [-0.4, -0.2) is 21.0 Å². The molecule has 2 rings (SSSR count). The Balaban J connectivity index is 2.36. The summed E-state index contributed by atoms with van der Waals surface area (Å²) in [7, 11) is 0. The summed E-state index contributed by atoms with van der Waals surface area (Å²) in [4.78, 5) is 29.0. The van der Waals surface area contributed by atoms with Gasteiger partial charge in [0.05, 0.1) is 11.9 Å². The fourth-order valence-corrected chi connectivity index (χ4v) is 2.16. The molecule has 2 N–H and O–H groups in total. The molecule has 0 saturated heterocycles. The number of carboxylic acids is 1. The van der Waals surface area contributed by atoms with Crippen molar-refractivity contribution in [2.24, 2.45) is 0 Å². The maximum absolute atomic E-state index is 11.1. The Bertz CT molecular complexity index is 609. The van der Waals surface area contributed by atoms with Crippen molar-refractivity contribution in [3.05, 3.63) is 52.6 Å². The maximum Gasteiger partial charge on any atom is 0.336 e. The molecule has 2 aromatic rings. The van der Waals surface area contributed by atoms with E-state index in [1.165, 1.54) is 18.5 Å². The molecule has 5 nitrogen and oxygen atoms in total. The van der Waals surface area contributed by atoms with Crippen LogP contribution in [0.5, 0.6) is 0 Å². The van der Waals surface area contributed by atoms with Crippen LogP contribution < -0.4 is 5.56 Å². The minimum absolute atomic E-state index is 0.194. The summed E-state index contributed by atoms with van der Waals surface area (Å²) in [6.45, 7) is 0. The molecule has 17 heavy (non-hydrogen) atoms. The summed E-state index contributed by atoms with van der Waals surface area (Å²) < 4.78 is 0. The van der Waals surface area contributed by atoms with Crippen LogP contribution in [-0.2, 0) is 0 Å². The highest BCUT2D eigenvalue weighted by Gasteiger charge is 2.10. The molecule has 1 aromatic heterocycles. The third-order valence-electron chi connectivity index (χ3n) is 1.99. The lowest BCUT2D eigenvalue weighted by Crippen LogP contribution is -2.04. The smallest absolute Gasteiger partial charge is 0.336 e. The molecule has 86 valence electrons. The fraction of sp³-hybridized carbons (Fsp3) is 0. The van der Waals surface area contributed by atoms with E-state index in [9.17, 15) is 9.59 Å². The number of carboxylic acid groups (broad SMARTS) is 1. The van der Waals surface area contributed by atoms with Gasteiger partial charge in [0.25, 0.3) is 5.56 Å². The second-order valence-corrected chi connectivity index (χ2v) is 4.21. The molecule has 0 amide bonds. The summed E-state index contributed by atoms with van der Waals surface area (Å²) in [6, 6.07) is 7.90. The summed E-state index contributed by atoms with van der Waals surface area (Å²) in [5.41, 5.74) is -0.0742. The van der Waals surface area contributed by atoms with E-state index in [2.05, 4.69) is 9.97 Å². The monoisotopic (exact) mass is 248 g/mol. The van der Waals surface area contributed by atoms with Crippen LogP contribution in [0.4, 0.5) is 0 Å². The van der Waals surface area contributed by atoms with E-state index in [1.807, 2.05) is 0 Å². The summed E-state index contributed by atoms with van der Waals surface area (Å²) >= 11 is 1.14. The number of aromatic carboxylic acids is 1. The lowest BCUT2D eigenvalue weighted by Gasteiger charge is -2.03. The minimum Gasteiger partial charge on any atom is -0.478 e. The van der Waals surface area contributed by atoms with Gasteiger partial charge in [-0.1, -0.05) is 23.9 Å². The first-order valence-corrected chi connectivity index (χ1v) is 5.53. The van der Waals surface area contributed by atoms with Crippen molar-refractivity contribution in [1.82, 2.24) is 9.97 Å². The molecule has 0 radical (unpaired) electrons. The highest BCUT2D eigenvalue weighted by atomic mass is 32.2. The summed E-state index contributed by atoms with van der Waals surface area (Å²) in [5, 5.41) is 9.46. The summed E-state index contributed by atoms with van der Waals surface area (Å²) in [5.74, 6) is -1.00. The summed E-state index contributed by atoms with van der Waals surface area (Å²) in [6.07, 6.45) is 1.29. The Hall–Kier alpha value is -2.08. The first-order chi connectivity index (χ1) is 8.16. The van der Waals surface area contributed by atoms with Crippen LogP contribution in [0, 0.1) is 0 Å². The van der Waals surface area contributed by atoms with Gasteiger partial charge in [-0.2, -0.15) is 0 Å². The maximum atomic E-state index is 11.1. The Morgan fingerprint density at radius 2 is 2.12 bits per heavy atom. The number of hydrogen-bond donors (Lipinski definition) is 2. The number of carbonyl (C=O) groups is 1. The highest BCUT2D eigenvalue weighted by molar-refractivity contribution is 7.99. The van der Waals surface area contributed by atoms with Gasteiger partial charge < -0.3 is 10.1 Å². The zero-order valence-electron chi connectivity index (χ0n) is 8.58. The predicted octanol–water partition coefficient (Wildman–Crippen LogP) is 1.62. The molecule has 0 spiro atoms. The van der Waals surface area contributed by atoms with Gasteiger partial charge in [-0.3, -0.25) is 4.79 Å². The Morgan fingerprint density at radius 3 is 2.82 bits per heavy atom. The molecular weight excluding hydrogens is 240 g/mol. The second kappa shape index (κ2) is 4.84. The van der Waals surface area contributed by atoms with E-state index >= 15 is 0 Å². The molecule has 1 heterocycles. The molecule has 0 bridgehead atoms. The molecular formula is C11H8N2O3S. The van der Waals surface area contributed by atoms with E-state index in [0.717, 1.165) is 11.8 Å². The van der Waals surface area contributed by atoms with Crippen molar-refractivity contribution in [2.75, 3.05) is 0 Å². The molecule has 0 saturated carbocycles. The zero-order chi connectivity index (χ0) is 12.3. The van der Waals surface area contributed by atoms with E-state index in [1.54, 1.807) is 18.2 Å². The van der Waals surface area contributed by atoms with Gasteiger partial charge in [-0.15, -0.1) is 0 Å². The molecule has 0 unspecified atom stereocenters. The standard InChI is InChI=1S/C11H8N2O3S/c14-9-5-10(13-6-12-9)17-8-4-2-1-3-7(8)11(15)16/h1-6H,(H,15,16)(H,12,13,14). The van der Waals surface area contributed by atoms with E-state index in [0.29, 0.717) is 9.92 Å².